The number of benzene rings is 1. The van der Waals surface area contributed by atoms with E-state index < -0.39 is 29.1 Å². The number of nitrogens with one attached hydrogen (secondary N) is 3. The Labute approximate surface area is 269 Å². The van der Waals surface area contributed by atoms with Crippen LogP contribution in [0.5, 0.6) is 5.75 Å². The fourth-order valence-corrected chi connectivity index (χ4v) is 5.22. The minimum absolute atomic E-state index is 0.0485. The number of nitrogens with zero attached hydrogens (tertiary/aromatic N) is 2. The molecule has 0 aromatic heterocycles. The Morgan fingerprint density at radius 1 is 1.17 bits per heavy atom. The van der Waals surface area contributed by atoms with Gasteiger partial charge in [0.2, 0.25) is 0 Å². The number of rotatable bonds is 9. The quantitative estimate of drug-likeness (QED) is 0.165. The first-order valence-corrected chi connectivity index (χ1v) is 15.3. The van der Waals surface area contributed by atoms with Crippen LogP contribution in [0.25, 0.3) is 0 Å². The zero-order valence-corrected chi connectivity index (χ0v) is 27.2. The monoisotopic (exact) mass is 643 g/mol. The van der Waals surface area contributed by atoms with E-state index in [4.69, 9.17) is 4.74 Å². The number of ether oxygens (including phenoxy) is 1. The predicted octanol–water partition coefficient (Wildman–Crippen LogP) is 6.39. The predicted molar refractivity (Wildman–Crippen MR) is 175 cm³/mol. The van der Waals surface area contributed by atoms with E-state index in [0.717, 1.165) is 35.4 Å². The molecule has 0 fully saturated rings. The number of hydrogen-bond acceptors (Lipinski definition) is 6. The Kier molecular flexibility index (Phi) is 13.4. The van der Waals surface area contributed by atoms with Crippen LogP contribution in [0.15, 0.2) is 108 Å². The van der Waals surface area contributed by atoms with E-state index >= 15 is 4.39 Å². The normalized spacial score (nSPS) is 23.6. The van der Waals surface area contributed by atoms with E-state index in [1.807, 2.05) is 51.2 Å². The van der Waals surface area contributed by atoms with E-state index in [1.54, 1.807) is 13.2 Å². The summed E-state index contributed by atoms with van der Waals surface area (Å²) in [6.45, 7) is 11.1. The Bertz CT molecular complexity index is 1410. The van der Waals surface area contributed by atoms with Crippen molar-refractivity contribution < 1.29 is 27.1 Å². The fourth-order valence-electron chi connectivity index (χ4n) is 5.22. The van der Waals surface area contributed by atoms with Gasteiger partial charge in [0, 0.05) is 56.2 Å². The smallest absolute Gasteiger partial charge is 0.416 e. The number of amides is 1. The SMILES string of the molecule is C=CN/C=C(C(=O)NC1=C\NCC(C)N(C)C(C)CC=C(F)/C(C2=CCN(Cc3ccc(OC)cc3)CC2)=C\1)\C(=C/C)C(F)(F)F. The highest BCUT2D eigenvalue weighted by Gasteiger charge is 2.38. The maximum absolute atomic E-state index is 16.1. The molecule has 2 aliphatic heterocycles. The van der Waals surface area contributed by atoms with E-state index in [2.05, 4.69) is 32.3 Å². The topological polar surface area (TPSA) is 68.9 Å². The summed E-state index contributed by atoms with van der Waals surface area (Å²) in [5.74, 6) is -0.694. The third kappa shape index (κ3) is 10.2. The molecular formula is C35H45F4N5O2. The van der Waals surface area contributed by atoms with Crippen molar-refractivity contribution in [3.63, 3.8) is 0 Å². The lowest BCUT2D eigenvalue weighted by Crippen LogP contribution is -2.42. The van der Waals surface area contributed by atoms with Gasteiger partial charge >= 0.3 is 6.18 Å². The molecule has 3 rings (SSSR count). The summed E-state index contributed by atoms with van der Waals surface area (Å²) in [6.07, 6.45) is 5.64. The molecule has 0 saturated carbocycles. The minimum Gasteiger partial charge on any atom is -0.497 e. The lowest BCUT2D eigenvalue weighted by Gasteiger charge is -2.31. The molecule has 0 spiro atoms. The van der Waals surface area contributed by atoms with Crippen LogP contribution in [0.1, 0.15) is 39.2 Å². The molecular weight excluding hydrogens is 598 g/mol. The molecule has 250 valence electrons. The molecule has 46 heavy (non-hydrogen) atoms. The Hall–Kier alpha value is -4.09. The van der Waals surface area contributed by atoms with Gasteiger partial charge in [-0.25, -0.2) is 4.39 Å². The van der Waals surface area contributed by atoms with Gasteiger partial charge < -0.3 is 20.7 Å². The van der Waals surface area contributed by atoms with Gasteiger partial charge in [0.05, 0.1) is 24.0 Å². The Morgan fingerprint density at radius 2 is 1.89 bits per heavy atom. The first-order valence-electron chi connectivity index (χ1n) is 15.3. The van der Waals surface area contributed by atoms with E-state index in [9.17, 15) is 18.0 Å². The number of halogens is 4. The van der Waals surface area contributed by atoms with E-state index in [0.29, 0.717) is 39.0 Å². The number of allylic oxidation sites excluding steroid dienone is 4. The Balaban J connectivity index is 1.99. The second-order valence-electron chi connectivity index (χ2n) is 11.4. The molecule has 3 N–H and O–H groups in total. The molecule has 0 bridgehead atoms. The number of alkyl halides is 3. The van der Waals surface area contributed by atoms with Crippen molar-refractivity contribution in [2.24, 2.45) is 0 Å². The number of likely N-dealkylation sites (N-methyl/N-ethyl adjacent to an activating group) is 1. The van der Waals surface area contributed by atoms with Crippen LogP contribution in [0.4, 0.5) is 17.6 Å². The van der Waals surface area contributed by atoms with Crippen molar-refractivity contribution in [2.45, 2.75) is 58.4 Å². The molecule has 2 aliphatic rings. The van der Waals surface area contributed by atoms with Crippen molar-refractivity contribution in [1.82, 2.24) is 25.8 Å². The van der Waals surface area contributed by atoms with Gasteiger partial charge in [-0.15, -0.1) is 0 Å². The third-order valence-corrected chi connectivity index (χ3v) is 8.19. The molecule has 2 unspecified atom stereocenters. The number of methoxy groups -OCH3 is 1. The van der Waals surface area contributed by atoms with Gasteiger partial charge in [0.25, 0.3) is 5.91 Å². The first kappa shape index (κ1) is 36.4. The minimum atomic E-state index is -4.78. The number of carbonyl (C=O) groups excluding carboxylic acids is 1. The number of hydrogen-bond donors (Lipinski definition) is 3. The largest absolute Gasteiger partial charge is 0.497 e. The molecule has 1 aromatic carbocycles. The molecule has 7 nitrogen and oxygen atoms in total. The summed E-state index contributed by atoms with van der Waals surface area (Å²) in [6, 6.07) is 7.94. The lowest BCUT2D eigenvalue weighted by atomic mass is 9.95. The molecule has 2 heterocycles. The Morgan fingerprint density at radius 3 is 2.48 bits per heavy atom. The van der Waals surface area contributed by atoms with Gasteiger partial charge in [-0.1, -0.05) is 30.9 Å². The summed E-state index contributed by atoms with van der Waals surface area (Å²) >= 11 is 0. The maximum atomic E-state index is 16.1. The molecule has 11 heteroatoms. The van der Waals surface area contributed by atoms with E-state index in [1.165, 1.54) is 19.2 Å². The summed E-state index contributed by atoms with van der Waals surface area (Å²) in [7, 11) is 3.58. The highest BCUT2D eigenvalue weighted by Crippen LogP contribution is 2.32. The third-order valence-electron chi connectivity index (χ3n) is 8.19. The summed E-state index contributed by atoms with van der Waals surface area (Å²) in [5, 5.41) is 8.23. The molecule has 2 atom stereocenters. The van der Waals surface area contributed by atoms with Crippen LogP contribution in [-0.2, 0) is 11.3 Å². The van der Waals surface area contributed by atoms with Gasteiger partial charge in [-0.2, -0.15) is 13.2 Å². The molecule has 0 aliphatic carbocycles. The number of carbonyl (C=O) groups is 1. The standard InChI is InChI=1S/C35H45F4N5O2/c1-7-32(35(37,38)39)31(22-40-8-2)34(45)42-28-19-30(33(36)14-9-24(3)43(5)25(4)20-41-21-28)27-15-17-44(18-16-27)23-26-10-12-29(46-6)13-11-26/h7-8,10-15,19,21-22,24-25,40-41H,2,9,16-18,20,23H2,1,3-6H3,(H,42,45)/b28-21-,30-19-,31-22+,32-7+,33-14?. The van der Waals surface area contributed by atoms with Crippen molar-refractivity contribution in [1.29, 1.82) is 0 Å². The lowest BCUT2D eigenvalue weighted by molar-refractivity contribution is -0.119. The summed E-state index contributed by atoms with van der Waals surface area (Å²) < 4.78 is 62.9. The van der Waals surface area contributed by atoms with E-state index in [-0.39, 0.29) is 23.4 Å². The highest BCUT2D eigenvalue weighted by atomic mass is 19.4. The average Bonchev–Trinajstić information content (AvgIpc) is 3.03. The highest BCUT2D eigenvalue weighted by molar-refractivity contribution is 5.99. The van der Waals surface area contributed by atoms with Crippen LogP contribution in [0.3, 0.4) is 0 Å². The second-order valence-corrected chi connectivity index (χ2v) is 11.4. The van der Waals surface area contributed by atoms with Gasteiger partial charge in [0.1, 0.15) is 11.6 Å². The van der Waals surface area contributed by atoms with Crippen LogP contribution >= 0.6 is 0 Å². The van der Waals surface area contributed by atoms with Crippen LogP contribution in [-0.4, -0.2) is 67.8 Å². The fraction of sp³-hybridized carbons (Fsp3) is 0.400. The van der Waals surface area contributed by atoms with Crippen LogP contribution in [0.2, 0.25) is 0 Å². The van der Waals surface area contributed by atoms with Crippen LogP contribution < -0.4 is 20.7 Å². The molecule has 0 radical (unpaired) electrons. The van der Waals surface area contributed by atoms with Crippen LogP contribution in [0, 0.1) is 0 Å². The zero-order chi connectivity index (χ0) is 33.9. The van der Waals surface area contributed by atoms with Crippen molar-refractivity contribution >= 4 is 5.91 Å². The molecule has 1 amide bonds. The zero-order valence-electron chi connectivity index (χ0n) is 27.2. The maximum Gasteiger partial charge on any atom is 0.416 e. The van der Waals surface area contributed by atoms with Crippen molar-refractivity contribution in [3.05, 3.63) is 113 Å². The molecule has 0 saturated heterocycles. The van der Waals surface area contributed by atoms with Crippen molar-refractivity contribution in [2.75, 3.05) is 33.8 Å². The summed E-state index contributed by atoms with van der Waals surface area (Å²) in [4.78, 5) is 17.7. The van der Waals surface area contributed by atoms with Crippen molar-refractivity contribution in [3.8, 4) is 5.75 Å². The second kappa shape index (κ2) is 17.0. The summed E-state index contributed by atoms with van der Waals surface area (Å²) in [5.41, 5.74) is 0.510. The average molecular weight is 644 g/mol. The first-order chi connectivity index (χ1) is 21.9. The molecule has 1 aromatic rings. The van der Waals surface area contributed by atoms with Gasteiger partial charge in [0.15, 0.2) is 0 Å². The van der Waals surface area contributed by atoms with Gasteiger partial charge in [-0.3, -0.25) is 14.6 Å². The van der Waals surface area contributed by atoms with Gasteiger partial charge in [-0.05, 0) is 82.3 Å².